The molecule has 1 aromatic rings. The average molecular weight is 418 g/mol. The number of benzene rings is 1. The summed E-state index contributed by atoms with van der Waals surface area (Å²) in [6.45, 7) is 9.55. The molecule has 0 N–H and O–H groups in total. The van der Waals surface area contributed by atoms with Gasteiger partial charge in [-0.2, -0.15) is 12.0 Å². The van der Waals surface area contributed by atoms with Crippen LogP contribution in [0.1, 0.15) is 80.4 Å². The van der Waals surface area contributed by atoms with Gasteiger partial charge in [0.15, 0.2) is 0 Å². The van der Waals surface area contributed by atoms with Crippen LogP contribution in [0.25, 0.3) is 0 Å². The Hall–Kier alpha value is -0.427. The van der Waals surface area contributed by atoms with Crippen LogP contribution in [-0.4, -0.2) is 5.97 Å². The maximum absolute atomic E-state index is 12.1. The zero-order valence-electron chi connectivity index (χ0n) is 15.3. The van der Waals surface area contributed by atoms with Crippen molar-refractivity contribution in [3.63, 3.8) is 0 Å². The van der Waals surface area contributed by atoms with Crippen LogP contribution in [0.3, 0.4) is 0 Å². The van der Waals surface area contributed by atoms with Crippen LogP contribution >= 0.6 is 0 Å². The molecule has 1 atom stereocenters. The molecule has 0 saturated heterocycles. The summed E-state index contributed by atoms with van der Waals surface area (Å²) in [5, 5.41) is 0. The number of hydrogen-bond acceptors (Lipinski definition) is 2. The zero-order chi connectivity index (χ0) is 15.3. The molecule has 2 nitrogen and oxygen atoms in total. The maximum Gasteiger partial charge on any atom is 0.282 e. The van der Waals surface area contributed by atoms with Gasteiger partial charge in [-0.15, -0.1) is 11.6 Å². The average Bonchev–Trinajstić information content (AvgIpc) is 2.78. The summed E-state index contributed by atoms with van der Waals surface area (Å²) in [5.41, 5.74) is 4.81. The van der Waals surface area contributed by atoms with E-state index in [0.29, 0.717) is 12.0 Å². The molecule has 0 unspecified atom stereocenters. The molecule has 0 bridgehead atoms. The summed E-state index contributed by atoms with van der Waals surface area (Å²) in [5.74, 6) is -0.154. The standard InChI is InChI=1S/C19H25O2.CH3.2Co/c1-5-14-15(8-7-13-11-21-17(20)16(13)14)19(4)10-6-9-18(2,3)12-19;;;/h5,7-8H,6,9-12H2,1-4H3;1H3;;/q2*-1;;/t19-;;;/m0.../s1. The van der Waals surface area contributed by atoms with Crippen LogP contribution in [0.5, 0.6) is 0 Å². The third kappa shape index (κ3) is 4.03. The van der Waals surface area contributed by atoms with Gasteiger partial charge in [0.25, 0.3) is 5.97 Å². The quantitative estimate of drug-likeness (QED) is 0.486. The van der Waals surface area contributed by atoms with Crippen molar-refractivity contribution in [1.29, 1.82) is 0 Å². The number of hydrogen-bond donors (Lipinski definition) is 0. The van der Waals surface area contributed by atoms with Gasteiger partial charge in [0, 0.05) is 33.6 Å². The number of carbonyl (C=O) groups is 1. The van der Waals surface area contributed by atoms with Crippen LogP contribution in [0, 0.1) is 19.3 Å². The van der Waals surface area contributed by atoms with Crippen molar-refractivity contribution in [2.75, 3.05) is 0 Å². The van der Waals surface area contributed by atoms with Gasteiger partial charge in [0.2, 0.25) is 0 Å². The van der Waals surface area contributed by atoms with Gasteiger partial charge in [0.1, 0.15) is 6.61 Å². The Bertz CT molecular complexity index is 596. The third-order valence-electron chi connectivity index (χ3n) is 5.28. The van der Waals surface area contributed by atoms with Gasteiger partial charge < -0.3 is 12.2 Å². The first-order chi connectivity index (χ1) is 9.86. The van der Waals surface area contributed by atoms with Gasteiger partial charge in [-0.25, -0.2) is 0 Å². The molecule has 1 heterocycles. The fourth-order valence-corrected chi connectivity index (χ4v) is 4.49. The van der Waals surface area contributed by atoms with Crippen LogP contribution in [0.4, 0.5) is 0 Å². The Balaban J connectivity index is 0.00000176. The molecular weight excluding hydrogens is 390 g/mol. The molecule has 1 aromatic carbocycles. The second kappa shape index (κ2) is 8.30. The largest absolute Gasteiger partial charge is 0.467 e. The van der Waals surface area contributed by atoms with E-state index < -0.39 is 0 Å². The Labute approximate surface area is 167 Å². The van der Waals surface area contributed by atoms with Gasteiger partial charge in [0.05, 0.1) is 0 Å². The molecule has 0 spiro atoms. The van der Waals surface area contributed by atoms with Gasteiger partial charge in [-0.3, -0.25) is 4.79 Å². The van der Waals surface area contributed by atoms with E-state index in [-0.39, 0.29) is 52.4 Å². The molecular formula is C20H28Co2O2-2. The maximum atomic E-state index is 12.1. The first kappa shape index (κ1) is 23.6. The van der Waals surface area contributed by atoms with E-state index >= 15 is 0 Å². The predicted molar refractivity (Wildman–Crippen MR) is 90.7 cm³/mol. The minimum absolute atomic E-state index is 0. The zero-order valence-corrected chi connectivity index (χ0v) is 17.3. The number of ether oxygens (including phenoxy) is 1. The van der Waals surface area contributed by atoms with E-state index in [1.54, 1.807) is 0 Å². The van der Waals surface area contributed by atoms with E-state index in [2.05, 4.69) is 39.3 Å². The number of carbonyl (C=O) groups excluding carboxylic acids is 1. The summed E-state index contributed by atoms with van der Waals surface area (Å²) in [6, 6.07) is 4.33. The van der Waals surface area contributed by atoms with Gasteiger partial charge >= 0.3 is 0 Å². The topological polar surface area (TPSA) is 26.3 Å². The Morgan fingerprint density at radius 2 is 1.79 bits per heavy atom. The van der Waals surface area contributed by atoms with Crippen LogP contribution in [0.15, 0.2) is 12.1 Å². The number of rotatable bonds is 2. The Morgan fingerprint density at radius 1 is 1.12 bits per heavy atom. The molecule has 1 aliphatic carbocycles. The van der Waals surface area contributed by atoms with Crippen molar-refractivity contribution in [3.05, 3.63) is 48.2 Å². The van der Waals surface area contributed by atoms with E-state index in [4.69, 9.17) is 4.74 Å². The van der Waals surface area contributed by atoms with Gasteiger partial charge in [-0.05, 0) is 23.8 Å². The molecule has 24 heavy (non-hydrogen) atoms. The fraction of sp³-hybridized carbons (Fsp3) is 0.550. The van der Waals surface area contributed by atoms with Crippen molar-refractivity contribution in [3.8, 4) is 0 Å². The van der Waals surface area contributed by atoms with Crippen molar-refractivity contribution in [2.45, 2.75) is 65.4 Å². The number of esters is 1. The smallest absolute Gasteiger partial charge is 0.282 e. The number of cyclic esters (lactones) is 1. The molecule has 0 amide bonds. The van der Waals surface area contributed by atoms with Crippen molar-refractivity contribution >= 4 is 5.97 Å². The third-order valence-corrected chi connectivity index (χ3v) is 5.28. The molecule has 0 aromatic heterocycles. The molecule has 2 aliphatic rings. The predicted octanol–water partition coefficient (Wildman–Crippen LogP) is 5.23. The summed E-state index contributed by atoms with van der Waals surface area (Å²) in [6.07, 6.45) is 7.02. The van der Waals surface area contributed by atoms with E-state index in [1.807, 2.05) is 6.92 Å². The molecule has 2 radical (unpaired) electrons. The summed E-state index contributed by atoms with van der Waals surface area (Å²) >= 11 is 0. The first-order valence-electron chi connectivity index (χ1n) is 7.99. The number of fused-ring (bicyclic) bond motifs is 1. The van der Waals surface area contributed by atoms with E-state index in [1.165, 1.54) is 31.2 Å². The van der Waals surface area contributed by atoms with Crippen molar-refractivity contribution in [1.82, 2.24) is 0 Å². The molecule has 4 heteroatoms. The second-order valence-corrected chi connectivity index (χ2v) is 7.68. The minimum atomic E-state index is -0.154. The summed E-state index contributed by atoms with van der Waals surface area (Å²) < 4.78 is 5.22. The van der Waals surface area contributed by atoms with E-state index in [0.717, 1.165) is 16.7 Å². The molecule has 1 fully saturated rings. The van der Waals surface area contributed by atoms with Crippen LogP contribution in [-0.2, 0) is 50.3 Å². The van der Waals surface area contributed by atoms with Gasteiger partial charge in [-0.1, -0.05) is 57.6 Å². The van der Waals surface area contributed by atoms with E-state index in [9.17, 15) is 4.79 Å². The normalized spacial score (nSPS) is 23.8. The molecule has 3 rings (SSSR count). The first-order valence-corrected chi connectivity index (χ1v) is 7.99. The second-order valence-electron chi connectivity index (χ2n) is 7.68. The van der Waals surface area contributed by atoms with Crippen molar-refractivity contribution < 1.29 is 43.1 Å². The molecule has 140 valence electrons. The summed E-state index contributed by atoms with van der Waals surface area (Å²) in [7, 11) is 0. The Kier molecular flexibility index (Phi) is 8.15. The molecule has 1 aliphatic heterocycles. The monoisotopic (exact) mass is 418 g/mol. The SMILES string of the molecule is C[CH-]c1c([C@@]2(C)CCCC(C)(C)C2)ccc2c1C(=O)OC2.[CH3-].[Co].[Co]. The summed E-state index contributed by atoms with van der Waals surface area (Å²) in [4.78, 5) is 12.1. The molecule has 1 saturated carbocycles. The Morgan fingerprint density at radius 3 is 2.38 bits per heavy atom. The van der Waals surface area contributed by atoms with Crippen LogP contribution < -0.4 is 0 Å². The fourth-order valence-electron chi connectivity index (χ4n) is 4.49. The van der Waals surface area contributed by atoms with Crippen molar-refractivity contribution in [2.24, 2.45) is 5.41 Å². The van der Waals surface area contributed by atoms with Crippen LogP contribution in [0.2, 0.25) is 0 Å². The minimum Gasteiger partial charge on any atom is -0.467 e.